The van der Waals surface area contributed by atoms with Gasteiger partial charge in [0, 0.05) is 39.8 Å². The molecule has 1 atom stereocenters. The average molecular weight is 410 g/mol. The second-order valence-electron chi connectivity index (χ2n) is 7.67. The maximum Gasteiger partial charge on any atom is 0.191 e. The van der Waals surface area contributed by atoms with Gasteiger partial charge in [0.1, 0.15) is 12.4 Å². The Labute approximate surface area is 174 Å². The summed E-state index contributed by atoms with van der Waals surface area (Å²) in [5.41, 5.74) is 0. The van der Waals surface area contributed by atoms with E-state index in [9.17, 15) is 5.11 Å². The molecule has 9 heteroatoms. The molecule has 0 saturated carbocycles. The van der Waals surface area contributed by atoms with E-state index in [1.807, 2.05) is 18.5 Å². The first-order valence-electron chi connectivity index (χ1n) is 10.9. The van der Waals surface area contributed by atoms with Crippen LogP contribution in [0, 0.1) is 12.8 Å². The lowest BCUT2D eigenvalue weighted by molar-refractivity contribution is 0.0376. The first-order chi connectivity index (χ1) is 14.1. The Morgan fingerprint density at radius 3 is 2.69 bits per heavy atom. The van der Waals surface area contributed by atoms with Crippen LogP contribution in [0.1, 0.15) is 44.3 Å². The summed E-state index contributed by atoms with van der Waals surface area (Å²) < 4.78 is 7.37. The second-order valence-corrected chi connectivity index (χ2v) is 7.67. The quantitative estimate of drug-likeness (QED) is 0.265. The number of aliphatic hydroxyl groups excluding tert-OH is 1. The molecule has 0 amide bonds. The molecule has 1 aromatic rings. The molecule has 29 heavy (non-hydrogen) atoms. The Bertz CT molecular complexity index is 594. The summed E-state index contributed by atoms with van der Waals surface area (Å²) in [5, 5.41) is 24.5. The highest BCUT2D eigenvalue weighted by Gasteiger charge is 2.11. The van der Waals surface area contributed by atoms with Crippen molar-refractivity contribution in [1.29, 1.82) is 0 Å². The Morgan fingerprint density at radius 2 is 2.03 bits per heavy atom. The van der Waals surface area contributed by atoms with Crippen LogP contribution in [0.25, 0.3) is 0 Å². The summed E-state index contributed by atoms with van der Waals surface area (Å²) in [7, 11) is 1.96. The van der Waals surface area contributed by atoms with Crippen molar-refractivity contribution in [2.24, 2.45) is 18.0 Å². The molecule has 166 valence electrons. The van der Waals surface area contributed by atoms with E-state index in [1.54, 1.807) is 0 Å². The van der Waals surface area contributed by atoms with E-state index in [-0.39, 0.29) is 6.61 Å². The minimum Gasteiger partial charge on any atom is -0.396 e. The van der Waals surface area contributed by atoms with Crippen LogP contribution in [0.4, 0.5) is 0 Å². The predicted molar refractivity (Wildman–Crippen MR) is 115 cm³/mol. The summed E-state index contributed by atoms with van der Waals surface area (Å²) in [4.78, 5) is 7.16. The Morgan fingerprint density at radius 1 is 1.24 bits per heavy atom. The molecule has 0 bridgehead atoms. The van der Waals surface area contributed by atoms with Crippen LogP contribution in [0.15, 0.2) is 4.99 Å². The molecule has 2 rings (SSSR count). The van der Waals surface area contributed by atoms with Crippen LogP contribution in [-0.4, -0.2) is 83.3 Å². The molecule has 1 aliphatic rings. The third-order valence-electron chi connectivity index (χ3n) is 5.40. The number of aliphatic hydroxyl groups is 1. The highest BCUT2D eigenvalue weighted by Crippen LogP contribution is 2.09. The molecule has 0 radical (unpaired) electrons. The van der Waals surface area contributed by atoms with Crippen molar-refractivity contribution in [1.82, 2.24) is 30.3 Å². The number of nitrogens with one attached hydrogen (secondary N) is 2. The van der Waals surface area contributed by atoms with Gasteiger partial charge in [-0.15, -0.1) is 10.2 Å². The van der Waals surface area contributed by atoms with E-state index in [0.29, 0.717) is 12.5 Å². The third-order valence-corrected chi connectivity index (χ3v) is 5.40. The zero-order valence-corrected chi connectivity index (χ0v) is 18.4. The first-order valence-corrected chi connectivity index (χ1v) is 10.9. The van der Waals surface area contributed by atoms with Gasteiger partial charge in [-0.2, -0.15) is 0 Å². The molecule has 1 unspecified atom stereocenters. The number of rotatable bonds is 12. The lowest BCUT2D eigenvalue weighted by Gasteiger charge is -2.26. The fourth-order valence-corrected chi connectivity index (χ4v) is 3.43. The minimum atomic E-state index is 0.226. The number of ether oxygens (including phenoxy) is 1. The fourth-order valence-electron chi connectivity index (χ4n) is 3.43. The molecular formula is C20H39N7O2. The summed E-state index contributed by atoms with van der Waals surface area (Å²) >= 11 is 0. The van der Waals surface area contributed by atoms with Gasteiger partial charge in [-0.05, 0) is 38.6 Å². The lowest BCUT2D eigenvalue weighted by Crippen LogP contribution is -2.42. The van der Waals surface area contributed by atoms with Crippen LogP contribution in [0.2, 0.25) is 0 Å². The van der Waals surface area contributed by atoms with Crippen LogP contribution >= 0.6 is 0 Å². The van der Waals surface area contributed by atoms with Crippen molar-refractivity contribution in [3.05, 3.63) is 11.6 Å². The van der Waals surface area contributed by atoms with Gasteiger partial charge in [-0.1, -0.05) is 13.3 Å². The molecule has 1 saturated heterocycles. The van der Waals surface area contributed by atoms with Gasteiger partial charge >= 0.3 is 0 Å². The Balaban J connectivity index is 1.86. The molecule has 1 fully saturated rings. The standard InChI is InChI=1S/C20H39N7O2/c1-4-6-18(7-12-28)15-22-20(23-16-19-25-24-17(2)26(19)3)21-8-5-9-27-10-13-29-14-11-27/h18,28H,4-16H2,1-3H3,(H2,21,22,23). The molecular weight excluding hydrogens is 370 g/mol. The van der Waals surface area contributed by atoms with Crippen molar-refractivity contribution < 1.29 is 9.84 Å². The van der Waals surface area contributed by atoms with Gasteiger partial charge in [-0.25, -0.2) is 4.99 Å². The maximum absolute atomic E-state index is 9.31. The smallest absolute Gasteiger partial charge is 0.191 e. The molecule has 2 heterocycles. The van der Waals surface area contributed by atoms with Crippen LogP contribution in [0.3, 0.4) is 0 Å². The average Bonchev–Trinajstić information content (AvgIpc) is 3.05. The molecule has 1 aromatic heterocycles. The van der Waals surface area contributed by atoms with E-state index in [1.165, 1.54) is 0 Å². The van der Waals surface area contributed by atoms with Crippen molar-refractivity contribution in [2.75, 3.05) is 52.5 Å². The van der Waals surface area contributed by atoms with Crippen LogP contribution < -0.4 is 10.6 Å². The van der Waals surface area contributed by atoms with Gasteiger partial charge in [0.05, 0.1) is 13.2 Å². The predicted octanol–water partition coefficient (Wildman–Crippen LogP) is 0.680. The first kappa shape index (κ1) is 23.6. The van der Waals surface area contributed by atoms with Crippen molar-refractivity contribution in [3.63, 3.8) is 0 Å². The highest BCUT2D eigenvalue weighted by molar-refractivity contribution is 5.79. The minimum absolute atomic E-state index is 0.226. The second kappa shape index (κ2) is 13.5. The fraction of sp³-hybridized carbons (Fsp3) is 0.850. The number of aliphatic imine (C=N–C) groups is 1. The molecule has 0 aliphatic carbocycles. The summed E-state index contributed by atoms with van der Waals surface area (Å²) in [6, 6.07) is 0. The topological polar surface area (TPSA) is 99.8 Å². The van der Waals surface area contributed by atoms with E-state index < -0.39 is 0 Å². The van der Waals surface area contributed by atoms with Crippen molar-refractivity contribution >= 4 is 5.96 Å². The largest absolute Gasteiger partial charge is 0.396 e. The third kappa shape index (κ3) is 8.67. The van der Waals surface area contributed by atoms with Gasteiger partial charge < -0.3 is 25.0 Å². The van der Waals surface area contributed by atoms with Gasteiger partial charge in [0.15, 0.2) is 11.8 Å². The zero-order valence-electron chi connectivity index (χ0n) is 18.4. The number of hydrogen-bond acceptors (Lipinski definition) is 6. The molecule has 0 aromatic carbocycles. The number of hydrogen-bond donors (Lipinski definition) is 3. The van der Waals surface area contributed by atoms with Gasteiger partial charge in [0.25, 0.3) is 0 Å². The summed E-state index contributed by atoms with van der Waals surface area (Å²) in [6.45, 7) is 11.3. The number of morpholine rings is 1. The van der Waals surface area contributed by atoms with Crippen LogP contribution in [-0.2, 0) is 18.3 Å². The van der Waals surface area contributed by atoms with Gasteiger partial charge in [0.2, 0.25) is 0 Å². The lowest BCUT2D eigenvalue weighted by atomic mass is 10.0. The molecule has 0 spiro atoms. The highest BCUT2D eigenvalue weighted by atomic mass is 16.5. The maximum atomic E-state index is 9.31. The normalized spacial score (nSPS) is 16.8. The zero-order chi connectivity index (χ0) is 20.9. The van der Waals surface area contributed by atoms with E-state index in [2.05, 4.69) is 32.7 Å². The monoisotopic (exact) mass is 409 g/mol. The SMILES string of the molecule is CCCC(CCO)CNC(=NCc1nnc(C)n1C)NCCCN1CCOCC1. The summed E-state index contributed by atoms with van der Waals surface area (Å²) in [6.07, 6.45) is 4.08. The number of aromatic nitrogens is 3. The van der Waals surface area contributed by atoms with Crippen LogP contribution in [0.5, 0.6) is 0 Å². The number of aryl methyl sites for hydroxylation is 1. The van der Waals surface area contributed by atoms with E-state index in [4.69, 9.17) is 9.73 Å². The molecule has 1 aliphatic heterocycles. The molecule has 9 nitrogen and oxygen atoms in total. The summed E-state index contributed by atoms with van der Waals surface area (Å²) in [5.74, 6) is 2.97. The molecule has 3 N–H and O–H groups in total. The Hall–Kier alpha value is -1.71. The van der Waals surface area contributed by atoms with E-state index >= 15 is 0 Å². The van der Waals surface area contributed by atoms with Gasteiger partial charge in [-0.3, -0.25) is 4.90 Å². The number of nitrogens with zero attached hydrogens (tertiary/aromatic N) is 5. The Kier molecular flexibility index (Phi) is 11.0. The van der Waals surface area contributed by atoms with E-state index in [0.717, 1.165) is 89.2 Å². The van der Waals surface area contributed by atoms with Crippen molar-refractivity contribution in [2.45, 2.75) is 46.1 Å². The number of guanidine groups is 1. The van der Waals surface area contributed by atoms with Crippen molar-refractivity contribution in [3.8, 4) is 0 Å².